The van der Waals surface area contributed by atoms with Crippen molar-refractivity contribution >= 4 is 11.7 Å². The lowest BCUT2D eigenvalue weighted by Crippen LogP contribution is -2.46. The normalized spacial score (nSPS) is 17.1. The van der Waals surface area contributed by atoms with Gasteiger partial charge in [-0.1, -0.05) is 0 Å². The number of carbonyl (C=O) groups excluding carboxylic acids is 2. The Balaban J connectivity index is 1.53. The number of benzene rings is 1. The standard InChI is InChI=1S/C20H25N3O3/c1-16(24)17-5-7-19(8-6-17)26-14-20(25)23-11-3-2-4-18(23)9-12-22-13-10-21-15-22/h5-8,10,13,15,18H,2-4,9,11-12,14H2,1H3/t18-/m0/s1. The van der Waals surface area contributed by atoms with Crippen molar-refractivity contribution in [1.82, 2.24) is 14.5 Å². The second-order valence-corrected chi connectivity index (χ2v) is 6.70. The van der Waals surface area contributed by atoms with E-state index in [-0.39, 0.29) is 24.3 Å². The summed E-state index contributed by atoms with van der Waals surface area (Å²) in [6, 6.07) is 7.16. The van der Waals surface area contributed by atoms with Crippen molar-refractivity contribution < 1.29 is 14.3 Å². The number of aryl methyl sites for hydroxylation is 1. The summed E-state index contributed by atoms with van der Waals surface area (Å²) < 4.78 is 7.68. The van der Waals surface area contributed by atoms with Crippen molar-refractivity contribution in [3.05, 3.63) is 48.5 Å². The van der Waals surface area contributed by atoms with Gasteiger partial charge in [0.2, 0.25) is 0 Å². The van der Waals surface area contributed by atoms with E-state index in [2.05, 4.69) is 4.98 Å². The number of imidazole rings is 1. The molecular weight excluding hydrogens is 330 g/mol. The minimum absolute atomic E-state index is 0.0154. The number of amides is 1. The second kappa shape index (κ2) is 8.65. The van der Waals surface area contributed by atoms with Crippen LogP contribution in [-0.4, -0.2) is 45.3 Å². The molecule has 26 heavy (non-hydrogen) atoms. The average Bonchev–Trinajstić information content (AvgIpc) is 3.18. The molecule has 1 aromatic heterocycles. The van der Waals surface area contributed by atoms with Crippen LogP contribution in [0.5, 0.6) is 5.75 Å². The predicted molar refractivity (Wildman–Crippen MR) is 98.1 cm³/mol. The summed E-state index contributed by atoms with van der Waals surface area (Å²) in [7, 11) is 0. The van der Waals surface area contributed by atoms with Crippen LogP contribution in [0.2, 0.25) is 0 Å². The molecule has 0 bridgehead atoms. The van der Waals surface area contributed by atoms with Crippen LogP contribution in [0.1, 0.15) is 43.0 Å². The summed E-state index contributed by atoms with van der Waals surface area (Å²) in [5, 5.41) is 0. The van der Waals surface area contributed by atoms with Gasteiger partial charge in [0.25, 0.3) is 5.91 Å². The number of ether oxygens (including phenoxy) is 1. The number of Topliss-reactive ketones (excluding diaryl/α,β-unsaturated/α-hetero) is 1. The second-order valence-electron chi connectivity index (χ2n) is 6.70. The number of likely N-dealkylation sites (tertiary alicyclic amines) is 1. The molecule has 2 aromatic rings. The molecule has 1 aliphatic rings. The zero-order valence-electron chi connectivity index (χ0n) is 15.1. The molecule has 1 atom stereocenters. The Bertz CT molecular complexity index is 725. The fraction of sp³-hybridized carbons (Fsp3) is 0.450. The van der Waals surface area contributed by atoms with Crippen molar-refractivity contribution in [3.8, 4) is 5.75 Å². The summed E-state index contributed by atoms with van der Waals surface area (Å²) in [6.07, 6.45) is 9.69. The third-order valence-corrected chi connectivity index (χ3v) is 4.85. The summed E-state index contributed by atoms with van der Waals surface area (Å²) in [5.74, 6) is 0.646. The Kier molecular flexibility index (Phi) is 6.04. The van der Waals surface area contributed by atoms with Gasteiger partial charge in [-0.15, -0.1) is 0 Å². The van der Waals surface area contributed by atoms with E-state index in [1.165, 1.54) is 6.92 Å². The van der Waals surface area contributed by atoms with Crippen molar-refractivity contribution in [2.75, 3.05) is 13.2 Å². The molecule has 1 saturated heterocycles. The smallest absolute Gasteiger partial charge is 0.260 e. The van der Waals surface area contributed by atoms with E-state index >= 15 is 0 Å². The Labute approximate surface area is 153 Å². The zero-order chi connectivity index (χ0) is 18.4. The first-order valence-corrected chi connectivity index (χ1v) is 9.12. The van der Waals surface area contributed by atoms with Crippen molar-refractivity contribution in [3.63, 3.8) is 0 Å². The minimum Gasteiger partial charge on any atom is -0.484 e. The highest BCUT2D eigenvalue weighted by Gasteiger charge is 2.26. The molecule has 6 heteroatoms. The highest BCUT2D eigenvalue weighted by atomic mass is 16.5. The van der Waals surface area contributed by atoms with E-state index in [9.17, 15) is 9.59 Å². The van der Waals surface area contributed by atoms with Gasteiger partial charge in [0.15, 0.2) is 12.4 Å². The van der Waals surface area contributed by atoms with Gasteiger partial charge in [-0.05, 0) is 56.9 Å². The van der Waals surface area contributed by atoms with Crippen molar-refractivity contribution in [1.29, 1.82) is 0 Å². The number of nitrogens with zero attached hydrogens (tertiary/aromatic N) is 3. The summed E-state index contributed by atoms with van der Waals surface area (Å²) in [5.41, 5.74) is 0.638. The fourth-order valence-corrected chi connectivity index (χ4v) is 3.36. The molecule has 0 radical (unpaired) electrons. The maximum Gasteiger partial charge on any atom is 0.260 e. The van der Waals surface area contributed by atoms with E-state index in [1.807, 2.05) is 22.0 Å². The van der Waals surface area contributed by atoms with Gasteiger partial charge in [0.05, 0.1) is 6.33 Å². The first-order chi connectivity index (χ1) is 12.6. The number of piperidine rings is 1. The van der Waals surface area contributed by atoms with Crippen LogP contribution in [-0.2, 0) is 11.3 Å². The zero-order valence-corrected chi connectivity index (χ0v) is 15.1. The largest absolute Gasteiger partial charge is 0.484 e. The van der Waals surface area contributed by atoms with E-state index in [0.717, 1.165) is 38.8 Å². The predicted octanol–water partition coefficient (Wildman–Crippen LogP) is 2.94. The number of hydrogen-bond acceptors (Lipinski definition) is 4. The molecule has 6 nitrogen and oxygen atoms in total. The lowest BCUT2D eigenvalue weighted by Gasteiger charge is -2.36. The van der Waals surface area contributed by atoms with Gasteiger partial charge in [0, 0.05) is 37.1 Å². The van der Waals surface area contributed by atoms with Crippen molar-refractivity contribution in [2.24, 2.45) is 0 Å². The summed E-state index contributed by atoms with van der Waals surface area (Å²) >= 11 is 0. The molecule has 1 aromatic carbocycles. The van der Waals surface area contributed by atoms with Crippen LogP contribution in [0.15, 0.2) is 43.0 Å². The SMILES string of the molecule is CC(=O)c1ccc(OCC(=O)N2CCCC[C@H]2CCn2ccnc2)cc1. The molecular formula is C20H25N3O3. The van der Waals surface area contributed by atoms with Crippen LogP contribution in [0.3, 0.4) is 0 Å². The Hall–Kier alpha value is -2.63. The number of hydrogen-bond donors (Lipinski definition) is 0. The van der Waals surface area contributed by atoms with E-state index < -0.39 is 0 Å². The molecule has 0 unspecified atom stereocenters. The number of aromatic nitrogens is 2. The number of rotatable bonds is 7. The Morgan fingerprint density at radius 1 is 1.23 bits per heavy atom. The van der Waals surface area contributed by atoms with Gasteiger partial charge < -0.3 is 14.2 Å². The quantitative estimate of drug-likeness (QED) is 0.717. The fourth-order valence-electron chi connectivity index (χ4n) is 3.36. The third-order valence-electron chi connectivity index (χ3n) is 4.85. The summed E-state index contributed by atoms with van der Waals surface area (Å²) in [6.45, 7) is 3.21. The number of ketones is 1. The highest BCUT2D eigenvalue weighted by Crippen LogP contribution is 2.21. The molecule has 0 aliphatic carbocycles. The molecule has 0 spiro atoms. The number of carbonyl (C=O) groups is 2. The molecule has 1 amide bonds. The topological polar surface area (TPSA) is 64.4 Å². The molecule has 2 heterocycles. The van der Waals surface area contributed by atoms with Gasteiger partial charge in [0.1, 0.15) is 5.75 Å². The van der Waals surface area contributed by atoms with Crippen molar-refractivity contribution in [2.45, 2.75) is 45.2 Å². The molecule has 0 N–H and O–H groups in total. The minimum atomic E-state index is 0.0154. The van der Waals surface area contributed by atoms with E-state index in [4.69, 9.17) is 4.74 Å². The van der Waals surface area contributed by atoms with Crippen LogP contribution < -0.4 is 4.74 Å². The highest BCUT2D eigenvalue weighted by molar-refractivity contribution is 5.94. The van der Waals surface area contributed by atoms with Crippen LogP contribution in [0.25, 0.3) is 0 Å². The van der Waals surface area contributed by atoms with Crippen LogP contribution in [0.4, 0.5) is 0 Å². The van der Waals surface area contributed by atoms with E-state index in [1.54, 1.807) is 30.5 Å². The molecule has 1 fully saturated rings. The molecule has 1 aliphatic heterocycles. The molecule has 0 saturated carbocycles. The van der Waals surface area contributed by atoms with Gasteiger partial charge in [-0.3, -0.25) is 9.59 Å². The Morgan fingerprint density at radius 2 is 2.04 bits per heavy atom. The van der Waals surface area contributed by atoms with Gasteiger partial charge in [-0.2, -0.15) is 0 Å². The van der Waals surface area contributed by atoms with Gasteiger partial charge >= 0.3 is 0 Å². The summed E-state index contributed by atoms with van der Waals surface area (Å²) in [4.78, 5) is 30.0. The maximum atomic E-state index is 12.6. The Morgan fingerprint density at radius 3 is 2.73 bits per heavy atom. The molecule has 138 valence electrons. The van der Waals surface area contributed by atoms with E-state index in [0.29, 0.717) is 11.3 Å². The lowest BCUT2D eigenvalue weighted by atomic mass is 9.99. The monoisotopic (exact) mass is 355 g/mol. The average molecular weight is 355 g/mol. The first kappa shape index (κ1) is 18.2. The van der Waals surface area contributed by atoms with Crippen LogP contribution >= 0.6 is 0 Å². The lowest BCUT2D eigenvalue weighted by molar-refractivity contribution is -0.137. The maximum absolute atomic E-state index is 12.6. The van der Waals surface area contributed by atoms with Gasteiger partial charge in [-0.25, -0.2) is 4.98 Å². The first-order valence-electron chi connectivity index (χ1n) is 9.12. The molecule has 3 rings (SSSR count). The third kappa shape index (κ3) is 4.71. The van der Waals surface area contributed by atoms with Crippen LogP contribution in [0, 0.1) is 0 Å².